The summed E-state index contributed by atoms with van der Waals surface area (Å²) in [6.45, 7) is 0. The molecule has 22 heavy (non-hydrogen) atoms. The third kappa shape index (κ3) is 3.83. The van der Waals surface area contributed by atoms with Crippen molar-refractivity contribution in [3.05, 3.63) is 60.2 Å². The van der Waals surface area contributed by atoms with Crippen molar-refractivity contribution >= 4 is 17.7 Å². The highest BCUT2D eigenvalue weighted by Gasteiger charge is 2.28. The van der Waals surface area contributed by atoms with Crippen LogP contribution in [0.4, 0.5) is 0 Å². The molecular weight excluding hydrogens is 294 g/mol. The van der Waals surface area contributed by atoms with E-state index in [1.807, 2.05) is 54.6 Å². The topological polar surface area (TPSA) is 38.3 Å². The summed E-state index contributed by atoms with van der Waals surface area (Å²) in [6, 6.07) is 18.1. The van der Waals surface area contributed by atoms with Gasteiger partial charge in [0.15, 0.2) is 0 Å². The summed E-state index contributed by atoms with van der Waals surface area (Å²) in [5.41, 5.74) is 1.03. The number of hydrogen-bond acceptors (Lipinski definition) is 3. The molecule has 3 nitrogen and oxygen atoms in total. The SMILES string of the molecule is COc1ccc(S[C@@H](C(=O)NC2CC2)c2ccccc2)cc1. The van der Waals surface area contributed by atoms with Gasteiger partial charge in [-0.25, -0.2) is 0 Å². The fraction of sp³-hybridized carbons (Fsp3) is 0.278. The van der Waals surface area contributed by atoms with Crippen LogP contribution in [0, 0.1) is 0 Å². The van der Waals surface area contributed by atoms with E-state index in [2.05, 4.69) is 5.32 Å². The van der Waals surface area contributed by atoms with E-state index in [9.17, 15) is 4.79 Å². The Morgan fingerprint density at radius 1 is 1.14 bits per heavy atom. The maximum absolute atomic E-state index is 12.6. The first-order valence-corrected chi connectivity index (χ1v) is 8.30. The molecule has 0 bridgehead atoms. The molecule has 0 heterocycles. The number of nitrogens with one attached hydrogen (secondary N) is 1. The molecule has 0 radical (unpaired) electrons. The number of ether oxygens (including phenoxy) is 1. The second kappa shape index (κ2) is 6.88. The Morgan fingerprint density at radius 3 is 2.41 bits per heavy atom. The number of benzene rings is 2. The predicted octanol–water partition coefficient (Wildman–Crippen LogP) is 3.81. The van der Waals surface area contributed by atoms with Crippen LogP contribution < -0.4 is 10.1 Å². The number of hydrogen-bond donors (Lipinski definition) is 1. The van der Waals surface area contributed by atoms with Crippen molar-refractivity contribution in [1.82, 2.24) is 5.32 Å². The Hall–Kier alpha value is -1.94. The first-order valence-electron chi connectivity index (χ1n) is 7.42. The second-order valence-corrected chi connectivity index (χ2v) is 6.55. The lowest BCUT2D eigenvalue weighted by Crippen LogP contribution is -2.29. The number of carbonyl (C=O) groups excluding carboxylic acids is 1. The Balaban J connectivity index is 1.79. The molecule has 114 valence electrons. The average Bonchev–Trinajstić information content (AvgIpc) is 3.38. The molecular formula is C18H19NO2S. The van der Waals surface area contributed by atoms with Crippen LogP contribution in [0.2, 0.25) is 0 Å². The van der Waals surface area contributed by atoms with Crippen molar-refractivity contribution in [2.45, 2.75) is 29.0 Å². The quantitative estimate of drug-likeness (QED) is 0.824. The molecule has 0 aliphatic heterocycles. The van der Waals surface area contributed by atoms with Crippen molar-refractivity contribution in [3.63, 3.8) is 0 Å². The number of methoxy groups -OCH3 is 1. The monoisotopic (exact) mass is 313 g/mol. The molecule has 1 aliphatic carbocycles. The van der Waals surface area contributed by atoms with E-state index in [4.69, 9.17) is 4.74 Å². The Bertz CT molecular complexity index is 623. The Morgan fingerprint density at radius 2 is 1.82 bits per heavy atom. The van der Waals surface area contributed by atoms with Gasteiger partial charge >= 0.3 is 0 Å². The van der Waals surface area contributed by atoms with Gasteiger partial charge in [-0.3, -0.25) is 4.79 Å². The van der Waals surface area contributed by atoms with Crippen LogP contribution in [0.1, 0.15) is 23.7 Å². The molecule has 3 rings (SSSR count). The maximum atomic E-state index is 12.6. The fourth-order valence-corrected chi connectivity index (χ4v) is 3.23. The van der Waals surface area contributed by atoms with Crippen molar-refractivity contribution in [2.24, 2.45) is 0 Å². The van der Waals surface area contributed by atoms with E-state index in [0.717, 1.165) is 29.1 Å². The van der Waals surface area contributed by atoms with Crippen LogP contribution in [-0.2, 0) is 4.79 Å². The third-order valence-electron chi connectivity index (χ3n) is 3.58. The lowest BCUT2D eigenvalue weighted by atomic mass is 10.1. The van der Waals surface area contributed by atoms with Crippen LogP contribution in [0.5, 0.6) is 5.75 Å². The molecule has 0 saturated heterocycles. The number of rotatable bonds is 6. The van der Waals surface area contributed by atoms with E-state index in [-0.39, 0.29) is 11.2 Å². The van der Waals surface area contributed by atoms with Gasteiger partial charge in [-0.1, -0.05) is 30.3 Å². The first kappa shape index (κ1) is 15.0. The molecule has 0 unspecified atom stereocenters. The summed E-state index contributed by atoms with van der Waals surface area (Å²) in [5.74, 6) is 0.914. The molecule has 0 aromatic heterocycles. The molecule has 1 fully saturated rings. The lowest BCUT2D eigenvalue weighted by molar-refractivity contribution is -0.120. The minimum atomic E-state index is -0.227. The third-order valence-corrected chi connectivity index (χ3v) is 4.84. The van der Waals surface area contributed by atoms with Gasteiger partial charge in [-0.05, 0) is 42.7 Å². The van der Waals surface area contributed by atoms with Gasteiger partial charge in [0.1, 0.15) is 11.0 Å². The van der Waals surface area contributed by atoms with E-state index in [0.29, 0.717) is 6.04 Å². The summed E-state index contributed by atoms with van der Waals surface area (Å²) >= 11 is 1.57. The fourth-order valence-electron chi connectivity index (χ4n) is 2.20. The van der Waals surface area contributed by atoms with Crippen molar-refractivity contribution in [3.8, 4) is 5.75 Å². The van der Waals surface area contributed by atoms with Gasteiger partial charge in [0.05, 0.1) is 7.11 Å². The van der Waals surface area contributed by atoms with Crippen LogP contribution in [0.3, 0.4) is 0 Å². The molecule has 1 amide bonds. The Labute approximate surface area is 135 Å². The summed E-state index contributed by atoms with van der Waals surface area (Å²) < 4.78 is 5.18. The van der Waals surface area contributed by atoms with Gasteiger partial charge in [0, 0.05) is 10.9 Å². The minimum Gasteiger partial charge on any atom is -0.497 e. The molecule has 4 heteroatoms. The highest BCUT2D eigenvalue weighted by Crippen LogP contribution is 2.36. The summed E-state index contributed by atoms with van der Waals surface area (Å²) in [5, 5.41) is 2.88. The van der Waals surface area contributed by atoms with Crippen molar-refractivity contribution in [2.75, 3.05) is 7.11 Å². The minimum absolute atomic E-state index is 0.0921. The molecule has 1 N–H and O–H groups in total. The van der Waals surface area contributed by atoms with E-state index < -0.39 is 0 Å². The van der Waals surface area contributed by atoms with Gasteiger partial charge in [0.2, 0.25) is 5.91 Å². The van der Waals surface area contributed by atoms with Gasteiger partial charge in [-0.2, -0.15) is 0 Å². The maximum Gasteiger partial charge on any atom is 0.238 e. The number of amides is 1. The number of carbonyl (C=O) groups is 1. The summed E-state index contributed by atoms with van der Waals surface area (Å²) in [7, 11) is 1.65. The smallest absolute Gasteiger partial charge is 0.238 e. The second-order valence-electron chi connectivity index (χ2n) is 5.37. The largest absolute Gasteiger partial charge is 0.497 e. The summed E-state index contributed by atoms with van der Waals surface area (Å²) in [6.07, 6.45) is 2.20. The predicted molar refractivity (Wildman–Crippen MR) is 89.2 cm³/mol. The summed E-state index contributed by atoms with van der Waals surface area (Å²) in [4.78, 5) is 13.6. The van der Waals surface area contributed by atoms with E-state index in [1.165, 1.54) is 0 Å². The van der Waals surface area contributed by atoms with E-state index >= 15 is 0 Å². The van der Waals surface area contributed by atoms with Crippen LogP contribution >= 0.6 is 11.8 Å². The van der Waals surface area contributed by atoms with Gasteiger partial charge in [0.25, 0.3) is 0 Å². The molecule has 1 saturated carbocycles. The zero-order chi connectivity index (χ0) is 15.4. The lowest BCUT2D eigenvalue weighted by Gasteiger charge is -2.17. The van der Waals surface area contributed by atoms with Crippen LogP contribution in [0.25, 0.3) is 0 Å². The first-order chi connectivity index (χ1) is 10.8. The Kier molecular flexibility index (Phi) is 4.68. The highest BCUT2D eigenvalue weighted by molar-refractivity contribution is 8.00. The van der Waals surface area contributed by atoms with Crippen molar-refractivity contribution < 1.29 is 9.53 Å². The molecule has 2 aromatic carbocycles. The zero-order valence-electron chi connectivity index (χ0n) is 12.5. The van der Waals surface area contributed by atoms with Gasteiger partial charge < -0.3 is 10.1 Å². The molecule has 1 aliphatic rings. The normalized spacial score (nSPS) is 15.1. The molecule has 2 aromatic rings. The number of thioether (sulfide) groups is 1. The van der Waals surface area contributed by atoms with E-state index in [1.54, 1.807) is 18.9 Å². The highest BCUT2D eigenvalue weighted by atomic mass is 32.2. The molecule has 1 atom stereocenters. The van der Waals surface area contributed by atoms with Crippen LogP contribution in [0.15, 0.2) is 59.5 Å². The van der Waals surface area contributed by atoms with Crippen LogP contribution in [-0.4, -0.2) is 19.1 Å². The van der Waals surface area contributed by atoms with Crippen molar-refractivity contribution in [1.29, 1.82) is 0 Å². The average molecular weight is 313 g/mol. The standard InChI is InChI=1S/C18H19NO2S/c1-21-15-9-11-16(12-10-15)22-17(13-5-3-2-4-6-13)18(20)19-14-7-8-14/h2-6,9-12,14,17H,7-8H2,1H3,(H,19,20)/t17-/m1/s1. The van der Waals surface area contributed by atoms with Gasteiger partial charge in [-0.15, -0.1) is 11.8 Å². The zero-order valence-corrected chi connectivity index (χ0v) is 13.3. The molecule has 0 spiro atoms.